The first-order chi connectivity index (χ1) is 8.96. The van der Waals surface area contributed by atoms with Crippen LogP contribution in [-0.2, 0) is 26.0 Å². The van der Waals surface area contributed by atoms with Crippen LogP contribution in [0.15, 0.2) is 5.38 Å². The summed E-state index contributed by atoms with van der Waals surface area (Å²) in [6, 6.07) is 0. The Kier molecular flexibility index (Phi) is 6.23. The van der Waals surface area contributed by atoms with Crippen molar-refractivity contribution in [2.75, 3.05) is 17.6 Å². The molecule has 1 aromatic heterocycles. The van der Waals surface area contributed by atoms with Gasteiger partial charge in [0.25, 0.3) is 0 Å². The third-order valence-electron chi connectivity index (χ3n) is 2.31. The molecule has 0 saturated carbocycles. The molecule has 0 unspecified atom stereocenters. The van der Waals surface area contributed by atoms with Gasteiger partial charge in [-0.3, -0.25) is 9.52 Å². The molecule has 0 radical (unpaired) electrons. The first kappa shape index (κ1) is 15.9. The SMILES string of the molecule is CCCS(=O)(=O)Nc1nc(CCCC(=O)OC)cs1. The molecule has 0 spiro atoms. The molecule has 0 aromatic carbocycles. The zero-order chi connectivity index (χ0) is 14.3. The van der Waals surface area contributed by atoms with Gasteiger partial charge >= 0.3 is 5.97 Å². The lowest BCUT2D eigenvalue weighted by molar-refractivity contribution is -0.140. The Balaban J connectivity index is 2.46. The number of esters is 1. The van der Waals surface area contributed by atoms with Crippen molar-refractivity contribution >= 4 is 32.5 Å². The van der Waals surface area contributed by atoms with Crippen molar-refractivity contribution in [3.05, 3.63) is 11.1 Å². The summed E-state index contributed by atoms with van der Waals surface area (Å²) in [4.78, 5) is 15.1. The molecule has 6 nitrogen and oxygen atoms in total. The zero-order valence-corrected chi connectivity index (χ0v) is 12.6. The largest absolute Gasteiger partial charge is 0.469 e. The fourth-order valence-corrected chi connectivity index (χ4v) is 3.55. The summed E-state index contributed by atoms with van der Waals surface area (Å²) in [7, 11) is -1.93. The van der Waals surface area contributed by atoms with Crippen molar-refractivity contribution in [1.82, 2.24) is 4.98 Å². The number of aromatic nitrogens is 1. The van der Waals surface area contributed by atoms with Crippen LogP contribution in [0.5, 0.6) is 0 Å². The molecule has 0 atom stereocenters. The first-order valence-electron chi connectivity index (χ1n) is 5.98. The number of sulfonamides is 1. The average molecular weight is 306 g/mol. The average Bonchev–Trinajstić information content (AvgIpc) is 2.75. The molecular formula is C11H18N2O4S2. The molecule has 0 aliphatic carbocycles. The monoisotopic (exact) mass is 306 g/mol. The predicted molar refractivity (Wildman–Crippen MR) is 74.8 cm³/mol. The summed E-state index contributed by atoms with van der Waals surface area (Å²) in [6.07, 6.45) is 2.16. The highest BCUT2D eigenvalue weighted by molar-refractivity contribution is 7.92. The molecule has 1 N–H and O–H groups in total. The highest BCUT2D eigenvalue weighted by Gasteiger charge is 2.11. The maximum Gasteiger partial charge on any atom is 0.305 e. The highest BCUT2D eigenvalue weighted by atomic mass is 32.2. The Hall–Kier alpha value is -1.15. The Labute approximate surface area is 117 Å². The number of aryl methyl sites for hydroxylation is 1. The van der Waals surface area contributed by atoms with E-state index in [2.05, 4.69) is 14.4 Å². The van der Waals surface area contributed by atoms with E-state index >= 15 is 0 Å². The third-order valence-corrected chi connectivity index (χ3v) is 4.69. The van der Waals surface area contributed by atoms with E-state index in [1.165, 1.54) is 18.4 Å². The first-order valence-corrected chi connectivity index (χ1v) is 8.51. The number of hydrogen-bond donors (Lipinski definition) is 1. The molecule has 0 saturated heterocycles. The van der Waals surface area contributed by atoms with Crippen LogP contribution in [0, 0.1) is 0 Å². The van der Waals surface area contributed by atoms with Gasteiger partial charge in [-0.05, 0) is 19.3 Å². The van der Waals surface area contributed by atoms with E-state index in [9.17, 15) is 13.2 Å². The quantitative estimate of drug-likeness (QED) is 0.740. The van der Waals surface area contributed by atoms with Gasteiger partial charge in [0.1, 0.15) is 0 Å². The van der Waals surface area contributed by atoms with Crippen LogP contribution in [0.3, 0.4) is 0 Å². The lowest BCUT2D eigenvalue weighted by Gasteiger charge is -2.02. The second-order valence-electron chi connectivity index (χ2n) is 3.99. The molecule has 1 aromatic rings. The van der Waals surface area contributed by atoms with Gasteiger partial charge in [0, 0.05) is 11.8 Å². The van der Waals surface area contributed by atoms with Crippen LogP contribution < -0.4 is 4.72 Å². The number of hydrogen-bond acceptors (Lipinski definition) is 6. The maximum absolute atomic E-state index is 11.5. The van der Waals surface area contributed by atoms with Gasteiger partial charge in [0.05, 0.1) is 18.6 Å². The fraction of sp³-hybridized carbons (Fsp3) is 0.636. The Bertz CT molecular complexity index is 511. The van der Waals surface area contributed by atoms with Crippen molar-refractivity contribution in [3.8, 4) is 0 Å². The summed E-state index contributed by atoms with van der Waals surface area (Å²) in [6.45, 7) is 1.80. The standard InChI is InChI=1S/C11H18N2O4S2/c1-3-7-19(15,16)13-11-12-9(8-18-11)5-4-6-10(14)17-2/h8H,3-7H2,1-2H3,(H,12,13). The van der Waals surface area contributed by atoms with Crippen molar-refractivity contribution < 1.29 is 17.9 Å². The van der Waals surface area contributed by atoms with E-state index < -0.39 is 10.0 Å². The molecular weight excluding hydrogens is 288 g/mol. The molecule has 108 valence electrons. The van der Waals surface area contributed by atoms with Crippen molar-refractivity contribution in [3.63, 3.8) is 0 Å². The third kappa shape index (κ3) is 6.02. The second kappa shape index (κ2) is 7.44. The normalized spacial score (nSPS) is 11.3. The summed E-state index contributed by atoms with van der Waals surface area (Å²) in [5.41, 5.74) is 0.781. The van der Waals surface area contributed by atoms with Crippen LogP contribution >= 0.6 is 11.3 Å². The molecule has 1 heterocycles. The van der Waals surface area contributed by atoms with Crippen LogP contribution in [0.1, 0.15) is 31.9 Å². The molecule has 0 aliphatic heterocycles. The Morgan fingerprint density at radius 1 is 1.53 bits per heavy atom. The molecule has 0 bridgehead atoms. The minimum atomic E-state index is -3.29. The van der Waals surface area contributed by atoms with Gasteiger partial charge in [-0.15, -0.1) is 11.3 Å². The smallest absolute Gasteiger partial charge is 0.305 e. The number of nitrogens with zero attached hydrogens (tertiary/aromatic N) is 1. The lowest BCUT2D eigenvalue weighted by Crippen LogP contribution is -2.15. The van der Waals surface area contributed by atoms with E-state index in [0.29, 0.717) is 30.8 Å². The van der Waals surface area contributed by atoms with E-state index in [1.807, 2.05) is 0 Å². The van der Waals surface area contributed by atoms with Gasteiger partial charge < -0.3 is 4.74 Å². The van der Waals surface area contributed by atoms with E-state index in [0.717, 1.165) is 5.69 Å². The van der Waals surface area contributed by atoms with Crippen molar-refractivity contribution in [2.45, 2.75) is 32.6 Å². The summed E-state index contributed by atoms with van der Waals surface area (Å²) in [5.74, 6) is -0.163. The van der Waals surface area contributed by atoms with Gasteiger partial charge in [0.2, 0.25) is 10.0 Å². The van der Waals surface area contributed by atoms with Crippen LogP contribution in [0.25, 0.3) is 0 Å². The predicted octanol–water partition coefficient (Wildman–Crippen LogP) is 1.79. The minimum absolute atomic E-state index is 0.0876. The summed E-state index contributed by atoms with van der Waals surface area (Å²) >= 11 is 1.25. The molecule has 0 aliphatic rings. The van der Waals surface area contributed by atoms with Gasteiger partial charge in [-0.1, -0.05) is 6.92 Å². The van der Waals surface area contributed by atoms with Gasteiger partial charge in [-0.25, -0.2) is 13.4 Å². The second-order valence-corrected chi connectivity index (χ2v) is 6.69. The van der Waals surface area contributed by atoms with Gasteiger partial charge in [0.15, 0.2) is 5.13 Å². The minimum Gasteiger partial charge on any atom is -0.469 e. The molecule has 19 heavy (non-hydrogen) atoms. The van der Waals surface area contributed by atoms with Crippen molar-refractivity contribution in [2.24, 2.45) is 0 Å². The number of thiazole rings is 1. The topological polar surface area (TPSA) is 85.4 Å². The number of carbonyl (C=O) groups excluding carboxylic acids is 1. The molecule has 1 rings (SSSR count). The van der Waals surface area contributed by atoms with Crippen molar-refractivity contribution in [1.29, 1.82) is 0 Å². The number of carbonyl (C=O) groups is 1. The van der Waals surface area contributed by atoms with E-state index in [4.69, 9.17) is 0 Å². The fourth-order valence-electron chi connectivity index (χ4n) is 1.44. The number of nitrogens with one attached hydrogen (secondary N) is 1. The van der Waals surface area contributed by atoms with Crippen LogP contribution in [-0.4, -0.2) is 32.2 Å². The maximum atomic E-state index is 11.5. The Morgan fingerprint density at radius 2 is 2.26 bits per heavy atom. The Morgan fingerprint density at radius 3 is 2.89 bits per heavy atom. The molecule has 0 fully saturated rings. The zero-order valence-electron chi connectivity index (χ0n) is 11.0. The summed E-state index contributed by atoms with van der Waals surface area (Å²) < 4.78 is 30.1. The van der Waals surface area contributed by atoms with E-state index in [-0.39, 0.29) is 11.7 Å². The van der Waals surface area contributed by atoms with Crippen LogP contribution in [0.2, 0.25) is 0 Å². The summed E-state index contributed by atoms with van der Waals surface area (Å²) in [5, 5.41) is 2.17. The number of rotatable bonds is 8. The highest BCUT2D eigenvalue weighted by Crippen LogP contribution is 2.18. The molecule has 0 amide bonds. The van der Waals surface area contributed by atoms with Gasteiger partial charge in [-0.2, -0.15) is 0 Å². The van der Waals surface area contributed by atoms with E-state index in [1.54, 1.807) is 12.3 Å². The molecule has 8 heteroatoms. The number of anilines is 1. The number of methoxy groups -OCH3 is 1. The number of ether oxygens (including phenoxy) is 1. The lowest BCUT2D eigenvalue weighted by atomic mass is 10.2. The van der Waals surface area contributed by atoms with Crippen LogP contribution in [0.4, 0.5) is 5.13 Å².